The van der Waals surface area contributed by atoms with Gasteiger partial charge in [0.1, 0.15) is 24.4 Å². The molecule has 6 aliphatic rings. The predicted molar refractivity (Wildman–Crippen MR) is 174 cm³/mol. The van der Waals surface area contributed by atoms with E-state index in [2.05, 4.69) is 26.8 Å². The second kappa shape index (κ2) is 12.1. The fourth-order valence-electron chi connectivity index (χ4n) is 12.1. The molecule has 0 bridgehead atoms. The van der Waals surface area contributed by atoms with Crippen LogP contribution in [0, 0.1) is 50.7 Å². The number of carboxylic acids is 2. The summed E-state index contributed by atoms with van der Waals surface area (Å²) in [7, 11) is 0. The Hall–Kier alpha value is -2.42. The number of hydrogen-bond acceptors (Lipinski definition) is 11. The maximum Gasteiger partial charge on any atom is 0.336 e. The highest BCUT2D eigenvalue weighted by Gasteiger charge is 2.73. The molecule has 280 valence electrons. The average Bonchev–Trinajstić information content (AvgIpc) is 3.01. The molecule has 0 radical (unpaired) electrons. The second-order valence-corrected chi connectivity index (χ2v) is 17.8. The molecule has 5 fully saturated rings. The van der Waals surface area contributed by atoms with Crippen molar-refractivity contribution in [2.45, 2.75) is 142 Å². The Balaban J connectivity index is 1.35. The molecule has 13 nitrogen and oxygen atoms in total. The van der Waals surface area contributed by atoms with Crippen LogP contribution in [-0.2, 0) is 33.4 Å². The first-order valence-corrected chi connectivity index (χ1v) is 18.0. The van der Waals surface area contributed by atoms with Crippen LogP contribution in [0.2, 0.25) is 0 Å². The lowest BCUT2D eigenvalue weighted by atomic mass is 9.34. The maximum absolute atomic E-state index is 14.4. The van der Waals surface area contributed by atoms with Gasteiger partial charge in [-0.2, -0.15) is 0 Å². The van der Waals surface area contributed by atoms with Gasteiger partial charge in [0.2, 0.25) is 0 Å². The molecular weight excluding hydrogens is 652 g/mol. The summed E-state index contributed by atoms with van der Waals surface area (Å²) in [4.78, 5) is 51.5. The number of rotatable bonds is 5. The number of allylic oxidation sites excluding steroid dienone is 2. The molecule has 0 amide bonds. The van der Waals surface area contributed by atoms with E-state index in [0.29, 0.717) is 19.3 Å². The Labute approximate surface area is 292 Å². The van der Waals surface area contributed by atoms with Crippen LogP contribution in [0.1, 0.15) is 93.4 Å². The highest BCUT2D eigenvalue weighted by molar-refractivity contribution is 5.94. The van der Waals surface area contributed by atoms with E-state index in [9.17, 15) is 49.8 Å². The predicted octanol–water partition coefficient (Wildman–Crippen LogP) is 2.45. The van der Waals surface area contributed by atoms with Gasteiger partial charge in [0, 0.05) is 6.92 Å². The SMILES string of the molecule is CC(=O)O[C@H]1[C@H](O)[C@@H](O)[C@H](O[C@H]2[C@@H](O)C[C@@]3(C)[C@@H](CC[C@]4(C)[C@@H]3CC=C3[C@@H]5CC(C)(C)CC[C@@H]5[C@@H](O)C(=O)[C@]34C)[C@]2(C)C(=O)O)O[C@@H]1C(=O)O. The van der Waals surface area contributed by atoms with Gasteiger partial charge in [0.05, 0.1) is 16.9 Å². The van der Waals surface area contributed by atoms with Crippen molar-refractivity contribution >= 4 is 23.7 Å². The molecule has 6 N–H and O–H groups in total. The van der Waals surface area contributed by atoms with Gasteiger partial charge in [-0.25, -0.2) is 4.79 Å². The Kier molecular flexibility index (Phi) is 9.01. The Morgan fingerprint density at radius 1 is 0.900 bits per heavy atom. The van der Waals surface area contributed by atoms with E-state index in [4.69, 9.17) is 14.2 Å². The third kappa shape index (κ3) is 5.08. The average molecular weight is 707 g/mol. The van der Waals surface area contributed by atoms with Crippen molar-refractivity contribution in [3.8, 4) is 0 Å². The van der Waals surface area contributed by atoms with Gasteiger partial charge in [0.15, 0.2) is 24.3 Å². The van der Waals surface area contributed by atoms with Gasteiger partial charge in [-0.05, 0) is 98.7 Å². The lowest BCUT2D eigenvalue weighted by Gasteiger charge is -2.70. The summed E-state index contributed by atoms with van der Waals surface area (Å²) in [6.07, 6.45) is -7.26. The lowest BCUT2D eigenvalue weighted by molar-refractivity contribution is -0.335. The highest BCUT2D eigenvalue weighted by Crippen LogP contribution is 2.74. The maximum atomic E-state index is 14.4. The van der Waals surface area contributed by atoms with Crippen molar-refractivity contribution in [2.75, 3.05) is 0 Å². The molecule has 0 aromatic rings. The number of carboxylic acid groups (broad SMARTS) is 2. The third-order valence-corrected chi connectivity index (χ3v) is 14.8. The third-order valence-electron chi connectivity index (χ3n) is 14.8. The Bertz CT molecular complexity index is 1470. The molecule has 1 saturated heterocycles. The van der Waals surface area contributed by atoms with Crippen molar-refractivity contribution in [1.29, 1.82) is 0 Å². The molecule has 50 heavy (non-hydrogen) atoms. The number of carbonyl (C=O) groups is 4. The van der Waals surface area contributed by atoms with Crippen LogP contribution in [0.5, 0.6) is 0 Å². The van der Waals surface area contributed by atoms with E-state index in [-0.39, 0.29) is 35.4 Å². The molecule has 0 aromatic carbocycles. The van der Waals surface area contributed by atoms with Crippen LogP contribution in [0.15, 0.2) is 11.6 Å². The van der Waals surface area contributed by atoms with Crippen LogP contribution < -0.4 is 0 Å². The number of aliphatic hydroxyl groups excluding tert-OH is 4. The van der Waals surface area contributed by atoms with Gasteiger partial charge in [0.25, 0.3) is 0 Å². The summed E-state index contributed by atoms with van der Waals surface area (Å²) in [6.45, 7) is 13.0. The molecule has 1 aliphatic heterocycles. The van der Waals surface area contributed by atoms with Gasteiger partial charge in [-0.3, -0.25) is 14.4 Å². The molecule has 5 aliphatic carbocycles. The van der Waals surface area contributed by atoms with Crippen molar-refractivity contribution in [3.05, 3.63) is 11.6 Å². The monoisotopic (exact) mass is 706 g/mol. The smallest absolute Gasteiger partial charge is 0.336 e. The first kappa shape index (κ1) is 37.3. The summed E-state index contributed by atoms with van der Waals surface area (Å²) in [5.41, 5.74) is -3.11. The van der Waals surface area contributed by atoms with Gasteiger partial charge in [-0.1, -0.05) is 39.3 Å². The number of Topliss-reactive ketones (excluding diaryl/α,β-unsaturated/α-hetero) is 1. The molecule has 1 heterocycles. The molecule has 0 spiro atoms. The summed E-state index contributed by atoms with van der Waals surface area (Å²) >= 11 is 0. The Morgan fingerprint density at radius 3 is 2.16 bits per heavy atom. The van der Waals surface area contributed by atoms with E-state index < -0.39 is 94.5 Å². The summed E-state index contributed by atoms with van der Waals surface area (Å²) in [5.74, 6) is -4.89. The molecule has 4 saturated carbocycles. The van der Waals surface area contributed by atoms with Crippen LogP contribution in [0.3, 0.4) is 0 Å². The zero-order valence-electron chi connectivity index (χ0n) is 30.0. The zero-order chi connectivity index (χ0) is 37.1. The summed E-state index contributed by atoms with van der Waals surface area (Å²) in [6, 6.07) is 0. The highest BCUT2D eigenvalue weighted by atomic mass is 16.7. The minimum Gasteiger partial charge on any atom is -0.481 e. The molecule has 13 heteroatoms. The quantitative estimate of drug-likeness (QED) is 0.138. The number of ether oxygens (including phenoxy) is 3. The molecule has 6 rings (SSSR count). The number of fused-ring (bicyclic) bond motifs is 7. The number of aliphatic hydroxyl groups is 4. The van der Waals surface area contributed by atoms with E-state index >= 15 is 0 Å². The first-order valence-electron chi connectivity index (χ1n) is 18.0. The van der Waals surface area contributed by atoms with E-state index in [0.717, 1.165) is 31.8 Å². The standard InChI is InChI=1S/C37H54O13/c1-16(38)48-26-24(41)25(42)31(49-27(26)30(44)45)50-29-20(39)15-34(4)21-9-8-19-18-14-33(2,3)12-10-17(18)23(40)28(43)37(19,7)35(21,5)13-11-22(34)36(29,6)32(46)47/h8,17-18,20-27,29,31,39-42H,9-15H2,1-7H3,(H,44,45)(H,46,47)/t17-,18+,20-,21+,22+,23+,24+,25+,26-,27-,29-,31-,34+,35+,36-,37-/m0/s1. The number of ketones is 1. The fraction of sp³-hybridized carbons (Fsp3) is 0.838. The zero-order valence-corrected chi connectivity index (χ0v) is 30.0. The lowest BCUT2D eigenvalue weighted by Crippen LogP contribution is -2.71. The normalized spacial score (nSPS) is 51.2. The van der Waals surface area contributed by atoms with E-state index in [1.54, 1.807) is 0 Å². The summed E-state index contributed by atoms with van der Waals surface area (Å²) in [5, 5.41) is 65.9. The van der Waals surface area contributed by atoms with Crippen LogP contribution >= 0.6 is 0 Å². The van der Waals surface area contributed by atoms with E-state index in [1.807, 2.05) is 13.8 Å². The topological polar surface area (TPSA) is 217 Å². The van der Waals surface area contributed by atoms with Gasteiger partial charge < -0.3 is 44.8 Å². The fourth-order valence-corrected chi connectivity index (χ4v) is 12.1. The van der Waals surface area contributed by atoms with Crippen molar-refractivity contribution in [1.82, 2.24) is 0 Å². The molecular formula is C37H54O13. The van der Waals surface area contributed by atoms with Crippen LogP contribution in [0.25, 0.3) is 0 Å². The van der Waals surface area contributed by atoms with Gasteiger partial charge in [-0.15, -0.1) is 0 Å². The minimum atomic E-state index is -1.95. The molecule has 16 atom stereocenters. The number of hydrogen-bond donors (Lipinski definition) is 6. The first-order chi connectivity index (χ1) is 23.1. The Morgan fingerprint density at radius 2 is 1.56 bits per heavy atom. The van der Waals surface area contributed by atoms with Crippen LogP contribution in [-0.4, -0.2) is 103 Å². The van der Waals surface area contributed by atoms with Crippen LogP contribution in [0.4, 0.5) is 0 Å². The number of esters is 1. The molecule has 0 unspecified atom stereocenters. The minimum absolute atomic E-state index is 0.0612. The number of carbonyl (C=O) groups excluding carboxylic acids is 2. The largest absolute Gasteiger partial charge is 0.481 e. The number of aliphatic carboxylic acids is 2. The summed E-state index contributed by atoms with van der Waals surface area (Å²) < 4.78 is 16.5. The van der Waals surface area contributed by atoms with Gasteiger partial charge >= 0.3 is 17.9 Å². The second-order valence-electron chi connectivity index (χ2n) is 17.8. The molecule has 0 aromatic heterocycles. The van der Waals surface area contributed by atoms with Crippen molar-refractivity contribution in [3.63, 3.8) is 0 Å². The van der Waals surface area contributed by atoms with Crippen molar-refractivity contribution in [2.24, 2.45) is 50.7 Å². The van der Waals surface area contributed by atoms with E-state index in [1.165, 1.54) is 6.92 Å². The van der Waals surface area contributed by atoms with Crippen molar-refractivity contribution < 1.29 is 64.0 Å².